The quantitative estimate of drug-likeness (QED) is 0.599. The zero-order chi connectivity index (χ0) is 20.0. The summed E-state index contributed by atoms with van der Waals surface area (Å²) in [6.45, 7) is 6.88. The van der Waals surface area contributed by atoms with Crippen molar-refractivity contribution >= 4 is 23.4 Å². The van der Waals surface area contributed by atoms with Crippen molar-refractivity contribution in [2.24, 2.45) is 0 Å². The fraction of sp³-hybridized carbons (Fsp3) is 0.364. The number of carbonyl (C=O) groups is 2. The van der Waals surface area contributed by atoms with Crippen LogP contribution in [0.4, 0.5) is 0 Å². The summed E-state index contributed by atoms with van der Waals surface area (Å²) in [5.74, 6) is 0.191. The molecule has 0 aromatic heterocycles. The molecule has 0 amide bonds. The number of hydrogen-bond donors (Lipinski definition) is 0. The summed E-state index contributed by atoms with van der Waals surface area (Å²) in [6.07, 6.45) is 0.330. The number of halogens is 1. The van der Waals surface area contributed by atoms with Crippen LogP contribution in [0.3, 0.4) is 0 Å². The van der Waals surface area contributed by atoms with Gasteiger partial charge < -0.3 is 9.47 Å². The highest BCUT2D eigenvalue weighted by molar-refractivity contribution is 6.30. The summed E-state index contributed by atoms with van der Waals surface area (Å²) in [6, 6.07) is 14.9. The average molecular weight is 389 g/mol. The third kappa shape index (κ3) is 6.10. The van der Waals surface area contributed by atoms with Crippen molar-refractivity contribution in [3.63, 3.8) is 0 Å². The molecule has 0 saturated carbocycles. The van der Waals surface area contributed by atoms with Gasteiger partial charge in [0, 0.05) is 18.4 Å². The van der Waals surface area contributed by atoms with Crippen LogP contribution in [0.2, 0.25) is 5.02 Å². The molecule has 0 fully saturated rings. The van der Waals surface area contributed by atoms with E-state index in [2.05, 4.69) is 13.8 Å². The molecule has 0 heterocycles. The molecule has 0 aliphatic rings. The molecular formula is C22H25ClO4. The predicted octanol–water partition coefficient (Wildman–Crippen LogP) is 4.98. The van der Waals surface area contributed by atoms with Crippen LogP contribution in [-0.2, 0) is 20.7 Å². The summed E-state index contributed by atoms with van der Waals surface area (Å²) in [5.41, 5.74) is 0.910. The van der Waals surface area contributed by atoms with Gasteiger partial charge in [0.25, 0.3) is 0 Å². The molecule has 0 N–H and O–H groups in total. The second-order valence-corrected chi connectivity index (χ2v) is 7.50. The van der Waals surface area contributed by atoms with E-state index in [1.54, 1.807) is 19.1 Å². The molecule has 4 nitrogen and oxygen atoms in total. The van der Waals surface area contributed by atoms with Gasteiger partial charge in [-0.15, -0.1) is 0 Å². The highest BCUT2D eigenvalue weighted by Gasteiger charge is 2.36. The Morgan fingerprint density at radius 3 is 2.15 bits per heavy atom. The van der Waals surface area contributed by atoms with Crippen LogP contribution >= 0.6 is 11.6 Å². The molecule has 2 aromatic carbocycles. The Hall–Kier alpha value is -2.33. The summed E-state index contributed by atoms with van der Waals surface area (Å²) < 4.78 is 11.0. The Balaban J connectivity index is 2.25. The van der Waals surface area contributed by atoms with Gasteiger partial charge in [0.15, 0.2) is 12.2 Å². The predicted molar refractivity (Wildman–Crippen MR) is 106 cm³/mol. The standard InChI is InChI=1S/C22H25ClO4/c1-15(2)18-7-11-20(12-8-18)27-22(4,21(25)14-26-16(3)24)13-17-5-9-19(23)10-6-17/h5-12,15H,13-14H2,1-4H3. The van der Waals surface area contributed by atoms with Crippen LogP contribution in [0.25, 0.3) is 0 Å². The van der Waals surface area contributed by atoms with E-state index in [1.807, 2.05) is 36.4 Å². The van der Waals surface area contributed by atoms with Crippen molar-refractivity contribution < 1.29 is 19.1 Å². The van der Waals surface area contributed by atoms with Gasteiger partial charge in [-0.05, 0) is 48.2 Å². The van der Waals surface area contributed by atoms with Gasteiger partial charge in [-0.25, -0.2) is 0 Å². The zero-order valence-corrected chi connectivity index (χ0v) is 16.9. The van der Waals surface area contributed by atoms with Crippen LogP contribution in [0, 0.1) is 0 Å². The number of esters is 1. The highest BCUT2D eigenvalue weighted by Crippen LogP contribution is 2.26. The van der Waals surface area contributed by atoms with Crippen LogP contribution in [0.1, 0.15) is 44.7 Å². The first-order valence-corrected chi connectivity index (χ1v) is 9.27. The van der Waals surface area contributed by atoms with Crippen molar-refractivity contribution in [1.82, 2.24) is 0 Å². The van der Waals surface area contributed by atoms with Crippen molar-refractivity contribution in [2.45, 2.75) is 45.6 Å². The number of Topliss-reactive ketones (excluding diaryl/α,β-unsaturated/α-hetero) is 1. The Labute approximate surface area is 165 Å². The minimum atomic E-state index is -1.18. The lowest BCUT2D eigenvalue weighted by Gasteiger charge is -2.29. The summed E-state index contributed by atoms with van der Waals surface area (Å²) >= 11 is 5.94. The lowest BCUT2D eigenvalue weighted by Crippen LogP contribution is -2.46. The van der Waals surface area contributed by atoms with Crippen molar-refractivity contribution in [3.8, 4) is 5.75 Å². The fourth-order valence-electron chi connectivity index (χ4n) is 2.68. The number of hydrogen-bond acceptors (Lipinski definition) is 4. The van der Waals surface area contributed by atoms with Crippen LogP contribution < -0.4 is 4.74 Å². The second kappa shape index (κ2) is 9.05. The number of rotatable bonds is 8. The topological polar surface area (TPSA) is 52.6 Å². The Morgan fingerprint density at radius 2 is 1.63 bits per heavy atom. The Morgan fingerprint density at radius 1 is 1.04 bits per heavy atom. The van der Waals surface area contributed by atoms with E-state index in [0.717, 1.165) is 5.56 Å². The fourth-order valence-corrected chi connectivity index (χ4v) is 2.81. The Bertz CT molecular complexity index is 781. The number of ether oxygens (including phenoxy) is 2. The maximum atomic E-state index is 12.8. The lowest BCUT2D eigenvalue weighted by atomic mass is 9.92. The largest absolute Gasteiger partial charge is 0.479 e. The van der Waals surface area contributed by atoms with E-state index in [9.17, 15) is 9.59 Å². The normalized spacial score (nSPS) is 13.1. The molecule has 0 aliphatic heterocycles. The lowest BCUT2D eigenvalue weighted by molar-refractivity contribution is -0.150. The van der Waals surface area contributed by atoms with Crippen LogP contribution in [0.15, 0.2) is 48.5 Å². The summed E-state index contributed by atoms with van der Waals surface area (Å²) in [7, 11) is 0. The number of carbonyl (C=O) groups excluding carboxylic acids is 2. The van der Waals surface area contributed by atoms with Crippen molar-refractivity contribution in [1.29, 1.82) is 0 Å². The first-order chi connectivity index (χ1) is 12.7. The maximum Gasteiger partial charge on any atom is 0.303 e. The van der Waals surface area contributed by atoms with E-state index in [-0.39, 0.29) is 12.4 Å². The molecule has 0 aliphatic carbocycles. The van der Waals surface area contributed by atoms with Gasteiger partial charge in [0.2, 0.25) is 5.78 Å². The van der Waals surface area contributed by atoms with E-state index >= 15 is 0 Å². The van der Waals surface area contributed by atoms with Gasteiger partial charge in [-0.1, -0.05) is 49.7 Å². The van der Waals surface area contributed by atoms with E-state index in [0.29, 0.717) is 23.1 Å². The van der Waals surface area contributed by atoms with Gasteiger partial charge in [0.1, 0.15) is 5.75 Å². The van der Waals surface area contributed by atoms with Crippen molar-refractivity contribution in [2.75, 3.05) is 6.61 Å². The molecule has 2 rings (SSSR count). The number of ketones is 1. The molecule has 0 radical (unpaired) electrons. The van der Waals surface area contributed by atoms with E-state index in [4.69, 9.17) is 21.1 Å². The SMILES string of the molecule is CC(=O)OCC(=O)C(C)(Cc1ccc(Cl)cc1)Oc1ccc(C(C)C)cc1. The number of benzene rings is 2. The molecule has 27 heavy (non-hydrogen) atoms. The highest BCUT2D eigenvalue weighted by atomic mass is 35.5. The third-order valence-corrected chi connectivity index (χ3v) is 4.59. The average Bonchev–Trinajstić information content (AvgIpc) is 2.62. The molecular weight excluding hydrogens is 364 g/mol. The van der Waals surface area contributed by atoms with Gasteiger partial charge in [0.05, 0.1) is 0 Å². The molecule has 144 valence electrons. The molecule has 0 saturated heterocycles. The molecule has 1 atom stereocenters. The molecule has 0 spiro atoms. The monoisotopic (exact) mass is 388 g/mol. The van der Waals surface area contributed by atoms with Gasteiger partial charge >= 0.3 is 5.97 Å². The summed E-state index contributed by atoms with van der Waals surface area (Å²) in [4.78, 5) is 23.9. The Kier molecular flexibility index (Phi) is 7.03. The zero-order valence-electron chi connectivity index (χ0n) is 16.1. The van der Waals surface area contributed by atoms with E-state index < -0.39 is 11.6 Å². The minimum absolute atomic E-state index is 0.305. The van der Waals surface area contributed by atoms with Crippen LogP contribution in [0.5, 0.6) is 5.75 Å². The third-order valence-electron chi connectivity index (χ3n) is 4.34. The smallest absolute Gasteiger partial charge is 0.303 e. The minimum Gasteiger partial charge on any atom is -0.479 e. The molecule has 1 unspecified atom stereocenters. The summed E-state index contributed by atoms with van der Waals surface area (Å²) in [5, 5.41) is 0.622. The molecule has 0 bridgehead atoms. The van der Waals surface area contributed by atoms with Crippen molar-refractivity contribution in [3.05, 3.63) is 64.7 Å². The maximum absolute atomic E-state index is 12.8. The first-order valence-electron chi connectivity index (χ1n) is 8.90. The van der Waals surface area contributed by atoms with Crippen LogP contribution in [-0.4, -0.2) is 24.0 Å². The van der Waals surface area contributed by atoms with E-state index in [1.165, 1.54) is 12.5 Å². The molecule has 2 aromatic rings. The second-order valence-electron chi connectivity index (χ2n) is 7.06. The van der Waals surface area contributed by atoms with Gasteiger partial charge in [-0.2, -0.15) is 0 Å². The molecule has 5 heteroatoms. The first kappa shape index (κ1) is 21.0. The van der Waals surface area contributed by atoms with Gasteiger partial charge in [-0.3, -0.25) is 9.59 Å².